The number of hydrogen-bond donors (Lipinski definition) is 0. The Balaban J connectivity index is 1.62. The number of amides is 1. The van der Waals surface area contributed by atoms with Crippen LogP contribution in [0.1, 0.15) is 24.0 Å². The molecule has 1 saturated heterocycles. The van der Waals surface area contributed by atoms with Crippen molar-refractivity contribution in [1.82, 2.24) is 9.80 Å². The van der Waals surface area contributed by atoms with Crippen LogP contribution in [-0.4, -0.2) is 48.6 Å². The standard InChI is InChI=1S/C22H28N2O2/c1-23(22(25)26-18-20-12-6-3-7-13-20)21(17-24-14-8-9-15-24)16-19-10-4-2-5-11-19/h2-7,10-13,21H,8-9,14-18H2,1H3/t21-/m0/s1. The third-order valence-corrected chi connectivity index (χ3v) is 5.02. The van der Waals surface area contributed by atoms with Gasteiger partial charge in [-0.25, -0.2) is 4.79 Å². The summed E-state index contributed by atoms with van der Waals surface area (Å²) in [6.07, 6.45) is 3.09. The number of rotatable bonds is 7. The molecular formula is C22H28N2O2. The summed E-state index contributed by atoms with van der Waals surface area (Å²) >= 11 is 0. The van der Waals surface area contributed by atoms with E-state index in [1.807, 2.05) is 43.4 Å². The first-order valence-electron chi connectivity index (χ1n) is 9.42. The van der Waals surface area contributed by atoms with Crippen LogP contribution in [-0.2, 0) is 17.8 Å². The first-order valence-corrected chi connectivity index (χ1v) is 9.42. The zero-order chi connectivity index (χ0) is 18.2. The monoisotopic (exact) mass is 352 g/mol. The van der Waals surface area contributed by atoms with Gasteiger partial charge in [-0.15, -0.1) is 0 Å². The Kier molecular flexibility index (Phi) is 6.67. The van der Waals surface area contributed by atoms with Crippen molar-refractivity contribution in [2.75, 3.05) is 26.7 Å². The fourth-order valence-electron chi connectivity index (χ4n) is 3.44. The molecule has 4 nitrogen and oxygen atoms in total. The SMILES string of the molecule is CN(C(=O)OCc1ccccc1)[C@@H](Cc1ccccc1)CN1CCCC1. The highest BCUT2D eigenvalue weighted by Crippen LogP contribution is 2.15. The molecule has 1 amide bonds. The topological polar surface area (TPSA) is 32.8 Å². The van der Waals surface area contributed by atoms with E-state index in [-0.39, 0.29) is 12.1 Å². The smallest absolute Gasteiger partial charge is 0.410 e. The van der Waals surface area contributed by atoms with Crippen LogP contribution in [0.15, 0.2) is 60.7 Å². The maximum absolute atomic E-state index is 12.6. The summed E-state index contributed by atoms with van der Waals surface area (Å²) in [5, 5.41) is 0. The summed E-state index contributed by atoms with van der Waals surface area (Å²) in [5.41, 5.74) is 2.26. The Hall–Kier alpha value is -2.33. The number of carbonyl (C=O) groups is 1. The zero-order valence-corrected chi connectivity index (χ0v) is 15.5. The predicted octanol–water partition coefficient (Wildman–Crippen LogP) is 3.96. The summed E-state index contributed by atoms with van der Waals surface area (Å²) in [4.78, 5) is 16.8. The lowest BCUT2D eigenvalue weighted by atomic mass is 10.0. The summed E-state index contributed by atoms with van der Waals surface area (Å²) in [5.74, 6) is 0. The van der Waals surface area contributed by atoms with Crippen LogP contribution in [0.25, 0.3) is 0 Å². The Morgan fingerprint density at radius 3 is 2.19 bits per heavy atom. The van der Waals surface area contributed by atoms with Crippen molar-refractivity contribution in [1.29, 1.82) is 0 Å². The highest BCUT2D eigenvalue weighted by atomic mass is 16.6. The molecule has 1 atom stereocenters. The van der Waals surface area contributed by atoms with Gasteiger partial charge in [0.1, 0.15) is 6.61 Å². The lowest BCUT2D eigenvalue weighted by Gasteiger charge is -2.31. The van der Waals surface area contributed by atoms with Crippen molar-refractivity contribution in [2.45, 2.75) is 31.9 Å². The highest BCUT2D eigenvalue weighted by Gasteiger charge is 2.25. The molecule has 2 aromatic carbocycles. The molecule has 0 radical (unpaired) electrons. The third-order valence-electron chi connectivity index (χ3n) is 5.02. The van der Waals surface area contributed by atoms with Crippen molar-refractivity contribution < 1.29 is 9.53 Å². The molecule has 1 fully saturated rings. The Morgan fingerprint density at radius 2 is 1.58 bits per heavy atom. The second-order valence-corrected chi connectivity index (χ2v) is 7.00. The van der Waals surface area contributed by atoms with E-state index in [1.165, 1.54) is 18.4 Å². The van der Waals surface area contributed by atoms with E-state index in [0.29, 0.717) is 6.61 Å². The van der Waals surface area contributed by atoms with Crippen molar-refractivity contribution >= 4 is 6.09 Å². The van der Waals surface area contributed by atoms with Gasteiger partial charge in [-0.1, -0.05) is 60.7 Å². The van der Waals surface area contributed by atoms with Crippen LogP contribution >= 0.6 is 0 Å². The minimum atomic E-state index is -0.256. The molecular weight excluding hydrogens is 324 g/mol. The molecule has 0 unspecified atom stereocenters. The number of likely N-dealkylation sites (tertiary alicyclic amines) is 1. The van der Waals surface area contributed by atoms with Crippen LogP contribution in [0.3, 0.4) is 0 Å². The molecule has 0 saturated carbocycles. The van der Waals surface area contributed by atoms with E-state index >= 15 is 0 Å². The predicted molar refractivity (Wildman–Crippen MR) is 104 cm³/mol. The van der Waals surface area contributed by atoms with Gasteiger partial charge in [-0.2, -0.15) is 0 Å². The molecule has 138 valence electrons. The van der Waals surface area contributed by atoms with Gasteiger partial charge in [0.2, 0.25) is 0 Å². The Bertz CT molecular complexity index is 669. The molecule has 0 aromatic heterocycles. The molecule has 0 N–H and O–H groups in total. The summed E-state index contributed by atoms with van der Waals surface area (Å²) < 4.78 is 5.54. The second kappa shape index (κ2) is 9.39. The minimum Gasteiger partial charge on any atom is -0.445 e. The number of likely N-dealkylation sites (N-methyl/N-ethyl adjacent to an activating group) is 1. The molecule has 4 heteroatoms. The van der Waals surface area contributed by atoms with Gasteiger partial charge in [-0.3, -0.25) is 0 Å². The van der Waals surface area contributed by atoms with E-state index in [4.69, 9.17) is 4.74 Å². The molecule has 1 aliphatic rings. The Morgan fingerprint density at radius 1 is 1.00 bits per heavy atom. The van der Waals surface area contributed by atoms with Crippen molar-refractivity contribution in [3.8, 4) is 0 Å². The molecule has 0 spiro atoms. The third kappa shape index (κ3) is 5.33. The van der Waals surface area contributed by atoms with E-state index in [9.17, 15) is 4.79 Å². The summed E-state index contributed by atoms with van der Waals surface area (Å²) in [6.45, 7) is 3.45. The van der Waals surface area contributed by atoms with Crippen molar-refractivity contribution in [3.05, 3.63) is 71.8 Å². The average molecular weight is 352 g/mol. The van der Waals surface area contributed by atoms with Crippen LogP contribution < -0.4 is 0 Å². The first kappa shape index (κ1) is 18.5. The largest absolute Gasteiger partial charge is 0.445 e. The van der Waals surface area contributed by atoms with E-state index in [0.717, 1.165) is 31.6 Å². The van der Waals surface area contributed by atoms with Gasteiger partial charge >= 0.3 is 6.09 Å². The molecule has 26 heavy (non-hydrogen) atoms. The molecule has 2 aromatic rings. The lowest BCUT2D eigenvalue weighted by molar-refractivity contribution is 0.0835. The van der Waals surface area contributed by atoms with Gasteiger partial charge in [0.25, 0.3) is 0 Å². The normalized spacial score (nSPS) is 15.6. The van der Waals surface area contributed by atoms with Gasteiger partial charge < -0.3 is 14.5 Å². The second-order valence-electron chi connectivity index (χ2n) is 7.00. The van der Waals surface area contributed by atoms with Crippen LogP contribution in [0, 0.1) is 0 Å². The quantitative estimate of drug-likeness (QED) is 0.756. The fraction of sp³-hybridized carbons (Fsp3) is 0.409. The molecule has 0 bridgehead atoms. The zero-order valence-electron chi connectivity index (χ0n) is 15.5. The minimum absolute atomic E-state index is 0.110. The number of nitrogens with zero attached hydrogens (tertiary/aromatic N) is 2. The highest BCUT2D eigenvalue weighted by molar-refractivity contribution is 5.67. The van der Waals surface area contributed by atoms with E-state index in [2.05, 4.69) is 29.2 Å². The lowest BCUT2D eigenvalue weighted by Crippen LogP contribution is -2.45. The number of ether oxygens (including phenoxy) is 1. The molecule has 1 aliphatic heterocycles. The summed E-state index contributed by atoms with van der Waals surface area (Å²) in [6, 6.07) is 20.3. The number of hydrogen-bond acceptors (Lipinski definition) is 3. The van der Waals surface area contributed by atoms with E-state index < -0.39 is 0 Å². The van der Waals surface area contributed by atoms with Gasteiger partial charge in [0, 0.05) is 13.6 Å². The molecule has 0 aliphatic carbocycles. The number of carbonyl (C=O) groups excluding carboxylic acids is 1. The average Bonchev–Trinajstić information content (AvgIpc) is 3.20. The van der Waals surface area contributed by atoms with Crippen LogP contribution in [0.2, 0.25) is 0 Å². The molecule has 1 heterocycles. The van der Waals surface area contributed by atoms with Gasteiger partial charge in [-0.05, 0) is 43.5 Å². The maximum atomic E-state index is 12.6. The molecule has 3 rings (SSSR count). The summed E-state index contributed by atoms with van der Waals surface area (Å²) in [7, 11) is 1.86. The Labute approximate surface area is 156 Å². The van der Waals surface area contributed by atoms with Gasteiger partial charge in [0.15, 0.2) is 0 Å². The van der Waals surface area contributed by atoms with Gasteiger partial charge in [0.05, 0.1) is 6.04 Å². The first-order chi connectivity index (χ1) is 12.7. The van der Waals surface area contributed by atoms with Crippen LogP contribution in [0.4, 0.5) is 4.79 Å². The maximum Gasteiger partial charge on any atom is 0.410 e. The fourth-order valence-corrected chi connectivity index (χ4v) is 3.44. The van der Waals surface area contributed by atoms with Crippen LogP contribution in [0.5, 0.6) is 0 Å². The van der Waals surface area contributed by atoms with E-state index in [1.54, 1.807) is 4.90 Å². The van der Waals surface area contributed by atoms with Crippen molar-refractivity contribution in [3.63, 3.8) is 0 Å². The van der Waals surface area contributed by atoms with Crippen molar-refractivity contribution in [2.24, 2.45) is 0 Å². The number of benzene rings is 2.